The third-order valence-corrected chi connectivity index (χ3v) is 8.58. The molecule has 2 aromatic heterocycles. The number of fused-ring (bicyclic) bond motifs is 2. The summed E-state index contributed by atoms with van der Waals surface area (Å²) in [4.78, 5) is 64.4. The van der Waals surface area contributed by atoms with Gasteiger partial charge in [0.15, 0.2) is 10.8 Å². The first-order valence-corrected chi connectivity index (χ1v) is 15.0. The molecule has 0 aliphatic carbocycles. The molecule has 2 aliphatic heterocycles. The highest BCUT2D eigenvalue weighted by Gasteiger charge is 2.54. The number of thioether (sulfide) groups is 1. The number of rotatable bonds is 11. The van der Waals surface area contributed by atoms with E-state index in [0.717, 1.165) is 32.8 Å². The molecule has 5 rings (SSSR count). The number of nitrogen functional groups attached to an aromatic ring is 1. The van der Waals surface area contributed by atoms with Gasteiger partial charge in [-0.2, -0.15) is 0 Å². The number of anilines is 2. The van der Waals surface area contributed by atoms with E-state index in [1.165, 1.54) is 24.1 Å². The van der Waals surface area contributed by atoms with Gasteiger partial charge in [0.2, 0.25) is 0 Å². The van der Waals surface area contributed by atoms with Gasteiger partial charge in [0, 0.05) is 45.9 Å². The van der Waals surface area contributed by atoms with Crippen LogP contribution in [0.3, 0.4) is 0 Å². The molecule has 1 fully saturated rings. The second-order valence-electron chi connectivity index (χ2n) is 9.19. The summed E-state index contributed by atoms with van der Waals surface area (Å²) in [6, 6.07) is 6.15. The van der Waals surface area contributed by atoms with E-state index in [9.17, 15) is 24.3 Å². The van der Waals surface area contributed by atoms with Crippen molar-refractivity contribution in [1.29, 1.82) is 0 Å². The number of benzene rings is 1. The summed E-state index contributed by atoms with van der Waals surface area (Å²) in [6.45, 7) is 1.35. The highest BCUT2D eigenvalue weighted by molar-refractivity contribution is 8.00. The Balaban J connectivity index is 1.25. The van der Waals surface area contributed by atoms with Gasteiger partial charge in [-0.15, -0.1) is 23.1 Å². The number of oxime groups is 1. The summed E-state index contributed by atoms with van der Waals surface area (Å²) in [5.41, 5.74) is 7.27. The predicted octanol–water partition coefficient (Wildman–Crippen LogP) is 2.06. The maximum atomic E-state index is 13.3. The Bertz CT molecular complexity index is 1680. The molecule has 17 heteroatoms. The number of β-lactam (4-membered cyclic amide) rings is 1. The Hall–Kier alpha value is -4.41. The summed E-state index contributed by atoms with van der Waals surface area (Å²) in [5, 5.41) is 22.1. The van der Waals surface area contributed by atoms with Crippen molar-refractivity contribution in [3.63, 3.8) is 0 Å². The van der Waals surface area contributed by atoms with Gasteiger partial charge in [-0.05, 0) is 24.3 Å². The van der Waals surface area contributed by atoms with Crippen molar-refractivity contribution in [2.24, 2.45) is 5.16 Å². The number of carbonyl (C=O) groups is 4. The zero-order valence-corrected chi connectivity index (χ0v) is 24.8. The number of amides is 2. The SMILES string of the molecule is CC(=O)OCC1=C(C(=O)O)N2C(=O)[C@@H](NC(=O)/C(=N\OCCNc3ccnc4cc(Cl)ccc34)c3csc(N)n3)[C@H]2SC1. The van der Waals surface area contributed by atoms with E-state index in [1.54, 1.807) is 18.3 Å². The molecule has 0 saturated carbocycles. The van der Waals surface area contributed by atoms with Crippen molar-refractivity contribution in [3.05, 3.63) is 57.8 Å². The first-order valence-electron chi connectivity index (χ1n) is 12.7. The molecule has 1 aromatic carbocycles. The largest absolute Gasteiger partial charge is 0.477 e. The minimum absolute atomic E-state index is 0.0697. The molecule has 14 nitrogen and oxygen atoms in total. The van der Waals surface area contributed by atoms with Crippen molar-refractivity contribution < 1.29 is 33.9 Å². The number of nitrogens with one attached hydrogen (secondary N) is 2. The Kier molecular flexibility index (Phi) is 8.98. The van der Waals surface area contributed by atoms with E-state index in [-0.39, 0.29) is 46.8 Å². The fraction of sp³-hybridized carbons (Fsp3) is 0.269. The first kappa shape index (κ1) is 30.1. The van der Waals surface area contributed by atoms with Crippen LogP contribution in [0.5, 0.6) is 0 Å². The van der Waals surface area contributed by atoms with Gasteiger partial charge in [0.05, 0.1) is 12.1 Å². The molecule has 224 valence electrons. The van der Waals surface area contributed by atoms with Crippen LogP contribution in [0.1, 0.15) is 12.6 Å². The number of hydrogen-bond acceptors (Lipinski definition) is 13. The minimum Gasteiger partial charge on any atom is -0.477 e. The number of hydrogen-bond donors (Lipinski definition) is 4. The fourth-order valence-corrected chi connectivity index (χ4v) is 6.45. The molecule has 43 heavy (non-hydrogen) atoms. The number of aromatic nitrogens is 2. The molecule has 0 bridgehead atoms. The molecule has 0 radical (unpaired) electrons. The number of aliphatic carboxylic acids is 1. The van der Waals surface area contributed by atoms with Crippen LogP contribution < -0.4 is 16.4 Å². The van der Waals surface area contributed by atoms with Crippen molar-refractivity contribution >= 4 is 85.9 Å². The predicted molar refractivity (Wildman–Crippen MR) is 161 cm³/mol. The lowest BCUT2D eigenvalue weighted by Gasteiger charge is -2.49. The number of ether oxygens (including phenoxy) is 1. The third-order valence-electron chi connectivity index (χ3n) is 6.34. The molecule has 2 aliphatic rings. The number of nitrogens with two attached hydrogens (primary N) is 1. The van der Waals surface area contributed by atoms with E-state index in [1.807, 2.05) is 12.1 Å². The van der Waals surface area contributed by atoms with Crippen LogP contribution in [-0.2, 0) is 28.8 Å². The number of esters is 1. The summed E-state index contributed by atoms with van der Waals surface area (Å²) in [6.07, 6.45) is 1.65. The lowest BCUT2D eigenvalue weighted by atomic mass is 10.0. The standard InChI is InChI=1S/C26H24ClN7O7S2/c1-12(35)40-9-13-10-42-24-20(23(37)34(24)21(13)25(38)39)32-22(36)19(18-11-43-26(28)31-18)33-41-7-6-30-16-4-5-29-17-8-14(27)2-3-15(16)17/h2-5,8,11,20,24H,6-7,9-10H2,1H3,(H2,28,31)(H,29,30)(H,32,36)(H,38,39)/b33-19-/t20-,24-/m1/s1. The van der Waals surface area contributed by atoms with E-state index < -0.39 is 35.2 Å². The van der Waals surface area contributed by atoms with Gasteiger partial charge in [-0.25, -0.2) is 9.78 Å². The zero-order valence-electron chi connectivity index (χ0n) is 22.4. The molecule has 0 unspecified atom stereocenters. The Morgan fingerprint density at radius 2 is 2.12 bits per heavy atom. The number of nitrogens with zero attached hydrogens (tertiary/aromatic N) is 4. The summed E-state index contributed by atoms with van der Waals surface area (Å²) in [7, 11) is 0. The van der Waals surface area contributed by atoms with E-state index in [2.05, 4.69) is 25.8 Å². The summed E-state index contributed by atoms with van der Waals surface area (Å²) >= 11 is 8.39. The van der Waals surface area contributed by atoms with E-state index >= 15 is 0 Å². The van der Waals surface area contributed by atoms with Crippen LogP contribution >= 0.6 is 34.7 Å². The van der Waals surface area contributed by atoms with Crippen LogP contribution in [0.25, 0.3) is 10.9 Å². The Morgan fingerprint density at radius 3 is 2.84 bits per heavy atom. The van der Waals surface area contributed by atoms with Crippen LogP contribution in [0.2, 0.25) is 5.02 Å². The fourth-order valence-electron chi connectivity index (χ4n) is 4.41. The lowest BCUT2D eigenvalue weighted by molar-refractivity contribution is -0.150. The molecule has 1 saturated heterocycles. The second-order valence-corrected chi connectivity index (χ2v) is 11.6. The normalized spacial score (nSPS) is 18.1. The molecule has 5 N–H and O–H groups in total. The van der Waals surface area contributed by atoms with Gasteiger partial charge in [-0.3, -0.25) is 24.3 Å². The number of thiazole rings is 1. The minimum atomic E-state index is -1.34. The summed E-state index contributed by atoms with van der Waals surface area (Å²) < 4.78 is 4.94. The lowest BCUT2D eigenvalue weighted by Crippen LogP contribution is -2.71. The van der Waals surface area contributed by atoms with Crippen LogP contribution in [-0.4, -0.2) is 86.4 Å². The second kappa shape index (κ2) is 12.8. The van der Waals surface area contributed by atoms with Gasteiger partial charge >= 0.3 is 11.9 Å². The van der Waals surface area contributed by atoms with E-state index in [0.29, 0.717) is 11.6 Å². The molecule has 0 spiro atoms. The first-order chi connectivity index (χ1) is 20.6. The van der Waals surface area contributed by atoms with Crippen LogP contribution in [0.15, 0.2) is 52.3 Å². The van der Waals surface area contributed by atoms with Crippen molar-refractivity contribution in [3.8, 4) is 0 Å². The quantitative estimate of drug-likeness (QED) is 0.0779. The zero-order chi connectivity index (χ0) is 30.7. The molecular formula is C26H24ClN7O7S2. The number of pyridine rings is 1. The number of carboxylic acid groups (broad SMARTS) is 1. The Morgan fingerprint density at radius 1 is 1.30 bits per heavy atom. The highest BCUT2D eigenvalue weighted by atomic mass is 35.5. The highest BCUT2D eigenvalue weighted by Crippen LogP contribution is 2.40. The molecule has 3 aromatic rings. The van der Waals surface area contributed by atoms with E-state index in [4.69, 9.17) is 26.9 Å². The van der Waals surface area contributed by atoms with Gasteiger partial charge in [0.1, 0.15) is 36.0 Å². The summed E-state index contributed by atoms with van der Waals surface area (Å²) in [5.74, 6) is -3.10. The maximum absolute atomic E-state index is 13.3. The molecule has 2 atom stereocenters. The van der Waals surface area contributed by atoms with Crippen molar-refractivity contribution in [1.82, 2.24) is 20.2 Å². The molecule has 4 heterocycles. The number of carbonyl (C=O) groups excluding carboxylic acids is 3. The number of carboxylic acids is 1. The maximum Gasteiger partial charge on any atom is 0.352 e. The van der Waals surface area contributed by atoms with Crippen LogP contribution in [0, 0.1) is 0 Å². The third kappa shape index (κ3) is 6.50. The average Bonchev–Trinajstić information content (AvgIpc) is 3.41. The van der Waals surface area contributed by atoms with Gasteiger partial charge in [-0.1, -0.05) is 16.8 Å². The molecular weight excluding hydrogens is 622 g/mol. The van der Waals surface area contributed by atoms with Crippen molar-refractivity contribution in [2.45, 2.75) is 18.3 Å². The van der Waals surface area contributed by atoms with Crippen molar-refractivity contribution in [2.75, 3.05) is 36.6 Å². The monoisotopic (exact) mass is 645 g/mol. The van der Waals surface area contributed by atoms with Gasteiger partial charge < -0.3 is 31.0 Å². The topological polar surface area (TPSA) is 198 Å². The van der Waals surface area contributed by atoms with Crippen LogP contribution in [0.4, 0.5) is 10.8 Å². The average molecular weight is 646 g/mol. The Labute approximate surface area is 257 Å². The number of halogens is 1. The van der Waals surface area contributed by atoms with Gasteiger partial charge in [0.25, 0.3) is 11.8 Å². The smallest absolute Gasteiger partial charge is 0.352 e. The molecule has 2 amide bonds.